The van der Waals surface area contributed by atoms with Crippen LogP contribution in [0, 0.1) is 10.1 Å². The van der Waals surface area contributed by atoms with Crippen molar-refractivity contribution in [2.45, 2.75) is 11.3 Å². The lowest BCUT2D eigenvalue weighted by molar-refractivity contribution is -0.385. The zero-order valence-corrected chi connectivity index (χ0v) is 11.5. The minimum Gasteiger partial charge on any atom is -0.398 e. The summed E-state index contributed by atoms with van der Waals surface area (Å²) in [6.07, 6.45) is 0.373. The van der Waals surface area contributed by atoms with Crippen molar-refractivity contribution in [3.63, 3.8) is 0 Å². The Hall–Kier alpha value is -2.21. The molecule has 0 aliphatic carbocycles. The predicted octanol–water partition coefficient (Wildman–Crippen LogP) is 2.53. The average molecular weight is 290 g/mol. The molecule has 0 fully saturated rings. The van der Waals surface area contributed by atoms with Crippen LogP contribution < -0.4 is 5.73 Å². The van der Waals surface area contributed by atoms with E-state index in [1.165, 1.54) is 6.07 Å². The van der Waals surface area contributed by atoms with Gasteiger partial charge in [0.2, 0.25) is 0 Å². The van der Waals surface area contributed by atoms with E-state index in [1.54, 1.807) is 42.5 Å². The SMILES string of the molecule is Nc1ccccc1S(=O)CCc1ccccc1[N+](=O)[O-]. The van der Waals surface area contributed by atoms with Crippen molar-refractivity contribution >= 4 is 22.2 Å². The predicted molar refractivity (Wildman–Crippen MR) is 78.9 cm³/mol. The van der Waals surface area contributed by atoms with E-state index in [9.17, 15) is 14.3 Å². The number of hydrogen-bond acceptors (Lipinski definition) is 4. The lowest BCUT2D eigenvalue weighted by Crippen LogP contribution is -2.06. The molecule has 2 aromatic carbocycles. The summed E-state index contributed by atoms with van der Waals surface area (Å²) in [4.78, 5) is 11.1. The van der Waals surface area contributed by atoms with Gasteiger partial charge in [0.15, 0.2) is 0 Å². The topological polar surface area (TPSA) is 86.2 Å². The fourth-order valence-electron chi connectivity index (χ4n) is 1.90. The van der Waals surface area contributed by atoms with Crippen LogP contribution in [0.25, 0.3) is 0 Å². The van der Waals surface area contributed by atoms with Gasteiger partial charge in [0.05, 0.1) is 20.6 Å². The summed E-state index contributed by atoms with van der Waals surface area (Å²) in [7, 11) is -1.26. The zero-order valence-electron chi connectivity index (χ0n) is 10.7. The third-order valence-electron chi connectivity index (χ3n) is 2.91. The largest absolute Gasteiger partial charge is 0.398 e. The minimum absolute atomic E-state index is 0.0607. The number of nitro groups is 1. The first-order chi connectivity index (χ1) is 9.59. The Morgan fingerprint density at radius 1 is 1.10 bits per heavy atom. The van der Waals surface area contributed by atoms with E-state index in [4.69, 9.17) is 5.73 Å². The summed E-state index contributed by atoms with van der Waals surface area (Å²) in [5.41, 5.74) is 6.89. The minimum atomic E-state index is -1.26. The molecule has 1 atom stereocenters. The average Bonchev–Trinajstić information content (AvgIpc) is 2.45. The first-order valence-electron chi connectivity index (χ1n) is 6.05. The highest BCUT2D eigenvalue weighted by Gasteiger charge is 2.14. The number of nitrogens with two attached hydrogens (primary N) is 1. The molecule has 0 heterocycles. The van der Waals surface area contributed by atoms with Crippen molar-refractivity contribution in [3.8, 4) is 0 Å². The first kappa shape index (κ1) is 14.2. The molecule has 0 bridgehead atoms. The van der Waals surface area contributed by atoms with Crippen LogP contribution in [0.3, 0.4) is 0 Å². The Morgan fingerprint density at radius 2 is 1.75 bits per heavy atom. The van der Waals surface area contributed by atoms with Gasteiger partial charge >= 0.3 is 0 Å². The normalized spacial score (nSPS) is 12.0. The Labute approximate surface area is 119 Å². The van der Waals surface area contributed by atoms with Crippen molar-refractivity contribution in [1.29, 1.82) is 0 Å². The van der Waals surface area contributed by atoms with Gasteiger partial charge in [-0.15, -0.1) is 0 Å². The molecular weight excluding hydrogens is 276 g/mol. The molecule has 0 saturated carbocycles. The number of nitro benzene ring substituents is 1. The lowest BCUT2D eigenvalue weighted by Gasteiger charge is -2.06. The van der Waals surface area contributed by atoms with Gasteiger partial charge in [-0.2, -0.15) is 0 Å². The fraction of sp³-hybridized carbons (Fsp3) is 0.143. The van der Waals surface area contributed by atoms with Crippen molar-refractivity contribution in [2.75, 3.05) is 11.5 Å². The van der Waals surface area contributed by atoms with E-state index in [1.807, 2.05) is 0 Å². The van der Waals surface area contributed by atoms with Gasteiger partial charge in [-0.25, -0.2) is 0 Å². The monoisotopic (exact) mass is 290 g/mol. The highest BCUT2D eigenvalue weighted by Crippen LogP contribution is 2.21. The number of nitrogens with zero attached hydrogens (tertiary/aromatic N) is 1. The number of anilines is 1. The molecular formula is C14H14N2O3S. The van der Waals surface area contributed by atoms with Crippen LogP contribution in [-0.2, 0) is 17.2 Å². The van der Waals surface area contributed by atoms with Crippen molar-refractivity contribution in [3.05, 3.63) is 64.2 Å². The second-order valence-corrected chi connectivity index (χ2v) is 5.76. The van der Waals surface area contributed by atoms with E-state index in [0.717, 1.165) is 0 Å². The molecule has 1 unspecified atom stereocenters. The van der Waals surface area contributed by atoms with E-state index in [2.05, 4.69) is 0 Å². The molecule has 0 amide bonds. The highest BCUT2D eigenvalue weighted by atomic mass is 32.2. The zero-order chi connectivity index (χ0) is 14.5. The molecule has 0 aromatic heterocycles. The van der Waals surface area contributed by atoms with Gasteiger partial charge in [-0.3, -0.25) is 14.3 Å². The first-order valence-corrected chi connectivity index (χ1v) is 7.36. The van der Waals surface area contributed by atoms with Gasteiger partial charge < -0.3 is 5.73 Å². The number of hydrogen-bond donors (Lipinski definition) is 1. The van der Waals surface area contributed by atoms with Gasteiger partial charge in [0.25, 0.3) is 5.69 Å². The molecule has 2 N–H and O–H groups in total. The number of aryl methyl sites for hydroxylation is 1. The lowest BCUT2D eigenvalue weighted by atomic mass is 10.1. The van der Waals surface area contributed by atoms with Crippen LogP contribution in [0.4, 0.5) is 11.4 Å². The van der Waals surface area contributed by atoms with Gasteiger partial charge in [-0.05, 0) is 18.6 Å². The molecule has 2 aromatic rings. The number of para-hydroxylation sites is 2. The Balaban J connectivity index is 2.12. The summed E-state index contributed by atoms with van der Waals surface area (Å²) in [5, 5.41) is 10.9. The van der Waals surface area contributed by atoms with Crippen molar-refractivity contribution in [2.24, 2.45) is 0 Å². The quantitative estimate of drug-likeness (QED) is 0.521. The van der Waals surface area contributed by atoms with Crippen molar-refractivity contribution < 1.29 is 9.13 Å². The van der Waals surface area contributed by atoms with E-state index in [-0.39, 0.29) is 5.69 Å². The summed E-state index contributed by atoms with van der Waals surface area (Å²) >= 11 is 0. The Bertz CT molecular complexity index is 658. The van der Waals surface area contributed by atoms with E-state index in [0.29, 0.717) is 28.3 Å². The standard InChI is InChI=1S/C14H14N2O3S/c15-12-6-2-4-8-14(12)20(19)10-9-11-5-1-3-7-13(11)16(17)18/h1-8H,9-10,15H2. The van der Waals surface area contributed by atoms with Crippen LogP contribution >= 0.6 is 0 Å². The highest BCUT2D eigenvalue weighted by molar-refractivity contribution is 7.85. The molecule has 0 spiro atoms. The molecule has 0 aliphatic heterocycles. The Kier molecular flexibility index (Phi) is 4.47. The van der Waals surface area contributed by atoms with Crippen LogP contribution in [0.1, 0.15) is 5.56 Å². The maximum absolute atomic E-state index is 12.2. The van der Waals surface area contributed by atoms with E-state index >= 15 is 0 Å². The summed E-state index contributed by atoms with van der Waals surface area (Å²) < 4.78 is 12.2. The summed E-state index contributed by atoms with van der Waals surface area (Å²) in [6, 6.07) is 13.4. The Morgan fingerprint density at radius 3 is 2.45 bits per heavy atom. The fourth-order valence-corrected chi connectivity index (χ4v) is 3.09. The number of nitrogen functional groups attached to an aromatic ring is 1. The smallest absolute Gasteiger partial charge is 0.272 e. The molecule has 104 valence electrons. The molecule has 0 radical (unpaired) electrons. The van der Waals surface area contributed by atoms with Crippen molar-refractivity contribution in [1.82, 2.24) is 0 Å². The molecule has 0 aliphatic rings. The summed E-state index contributed by atoms with van der Waals surface area (Å²) in [5.74, 6) is 0.305. The maximum atomic E-state index is 12.2. The number of benzene rings is 2. The van der Waals surface area contributed by atoms with Gasteiger partial charge in [-0.1, -0.05) is 30.3 Å². The second kappa shape index (κ2) is 6.29. The van der Waals surface area contributed by atoms with Crippen LogP contribution in [0.2, 0.25) is 0 Å². The van der Waals surface area contributed by atoms with Gasteiger partial charge in [0.1, 0.15) is 0 Å². The molecule has 6 heteroatoms. The molecule has 2 rings (SSSR count). The molecule has 5 nitrogen and oxygen atoms in total. The maximum Gasteiger partial charge on any atom is 0.272 e. The van der Waals surface area contributed by atoms with E-state index < -0.39 is 15.7 Å². The van der Waals surface area contributed by atoms with Crippen LogP contribution in [0.15, 0.2) is 53.4 Å². The molecule has 0 saturated heterocycles. The summed E-state index contributed by atoms with van der Waals surface area (Å²) in [6.45, 7) is 0. The van der Waals surface area contributed by atoms with Crippen LogP contribution in [0.5, 0.6) is 0 Å². The number of rotatable bonds is 5. The molecule has 20 heavy (non-hydrogen) atoms. The van der Waals surface area contributed by atoms with Gasteiger partial charge in [0, 0.05) is 23.1 Å². The van der Waals surface area contributed by atoms with Crippen LogP contribution in [-0.4, -0.2) is 14.9 Å². The third-order valence-corrected chi connectivity index (χ3v) is 4.35. The third kappa shape index (κ3) is 3.21. The second-order valence-electron chi connectivity index (χ2n) is 4.22.